The summed E-state index contributed by atoms with van der Waals surface area (Å²) in [5.41, 5.74) is 0. The van der Waals surface area contributed by atoms with Crippen molar-refractivity contribution >= 4 is 10.2 Å². The van der Waals surface area contributed by atoms with Crippen LogP contribution in [0.1, 0.15) is 26.2 Å². The number of nitrogens with zero attached hydrogens (tertiary/aromatic N) is 2. The van der Waals surface area contributed by atoms with Gasteiger partial charge in [-0.3, -0.25) is 0 Å². The monoisotopic (exact) mass is 287 g/mol. The second-order valence-electron chi connectivity index (χ2n) is 4.95. The molecule has 1 fully saturated rings. The lowest BCUT2D eigenvalue weighted by Crippen LogP contribution is -2.48. The van der Waals surface area contributed by atoms with Crippen molar-refractivity contribution in [2.24, 2.45) is 5.92 Å². The third-order valence-electron chi connectivity index (χ3n) is 3.46. The highest BCUT2D eigenvalue weighted by molar-refractivity contribution is 7.86. The Balaban J connectivity index is 2.65. The summed E-state index contributed by atoms with van der Waals surface area (Å²) >= 11 is 0. The van der Waals surface area contributed by atoms with Crippen molar-refractivity contribution in [3.05, 3.63) is 0 Å². The van der Waals surface area contributed by atoms with Crippen LogP contribution in [0.3, 0.4) is 0 Å². The summed E-state index contributed by atoms with van der Waals surface area (Å²) in [6, 6.07) is 0. The van der Waals surface area contributed by atoms with E-state index in [1.807, 2.05) is 14.0 Å². The highest BCUT2D eigenvalue weighted by Crippen LogP contribution is 2.20. The standard InChI is InChI=1S/C13H25N3O2S/c1-4-8-15(9-5-2)19(17,18)16-10-6-13(7-11-16)12-14-3/h1,13-14H,5-12H2,2-3H3. The van der Waals surface area contributed by atoms with E-state index in [1.54, 1.807) is 4.31 Å². The average molecular weight is 287 g/mol. The lowest BCUT2D eigenvalue weighted by Gasteiger charge is -2.34. The van der Waals surface area contributed by atoms with Gasteiger partial charge >= 0.3 is 0 Å². The fourth-order valence-corrected chi connectivity index (χ4v) is 4.07. The van der Waals surface area contributed by atoms with E-state index >= 15 is 0 Å². The third-order valence-corrected chi connectivity index (χ3v) is 5.44. The molecule has 1 heterocycles. The van der Waals surface area contributed by atoms with Gasteiger partial charge in [-0.1, -0.05) is 12.8 Å². The molecule has 0 amide bonds. The first kappa shape index (κ1) is 16.4. The summed E-state index contributed by atoms with van der Waals surface area (Å²) in [4.78, 5) is 0. The number of terminal acetylenes is 1. The fraction of sp³-hybridized carbons (Fsp3) is 0.846. The zero-order valence-electron chi connectivity index (χ0n) is 11.9. The predicted molar refractivity (Wildman–Crippen MR) is 77.8 cm³/mol. The molecule has 1 rings (SSSR count). The maximum absolute atomic E-state index is 12.5. The van der Waals surface area contributed by atoms with Gasteiger partial charge in [-0.05, 0) is 38.8 Å². The molecule has 0 aromatic heterocycles. The smallest absolute Gasteiger partial charge is 0.282 e. The summed E-state index contributed by atoms with van der Waals surface area (Å²) in [6.07, 6.45) is 7.87. The van der Waals surface area contributed by atoms with Crippen LogP contribution >= 0.6 is 0 Å². The quantitative estimate of drug-likeness (QED) is 0.694. The Bertz CT molecular complexity index is 395. The molecule has 0 saturated carbocycles. The summed E-state index contributed by atoms with van der Waals surface area (Å²) in [6.45, 7) is 4.75. The summed E-state index contributed by atoms with van der Waals surface area (Å²) in [5, 5.41) is 3.15. The molecule has 0 radical (unpaired) electrons. The van der Waals surface area contributed by atoms with E-state index in [9.17, 15) is 8.42 Å². The molecule has 6 heteroatoms. The van der Waals surface area contributed by atoms with Crippen LogP contribution in [0.4, 0.5) is 0 Å². The molecule has 0 aromatic carbocycles. The predicted octanol–water partition coefficient (Wildman–Crippen LogP) is 0.508. The SMILES string of the molecule is C#CCN(CCC)S(=O)(=O)N1CCC(CNC)CC1. The molecule has 1 aliphatic rings. The minimum absolute atomic E-state index is 0.159. The van der Waals surface area contributed by atoms with Crippen molar-refractivity contribution in [1.29, 1.82) is 0 Å². The van der Waals surface area contributed by atoms with Gasteiger partial charge in [0.2, 0.25) is 0 Å². The molecule has 1 N–H and O–H groups in total. The lowest BCUT2D eigenvalue weighted by molar-refractivity contribution is 0.254. The molecule has 19 heavy (non-hydrogen) atoms. The van der Waals surface area contributed by atoms with Crippen LogP contribution in [0.15, 0.2) is 0 Å². The number of rotatable bonds is 7. The third kappa shape index (κ3) is 4.46. The van der Waals surface area contributed by atoms with E-state index in [-0.39, 0.29) is 6.54 Å². The maximum Gasteiger partial charge on any atom is 0.282 e. The van der Waals surface area contributed by atoms with Crippen LogP contribution in [0.25, 0.3) is 0 Å². The zero-order valence-corrected chi connectivity index (χ0v) is 12.7. The van der Waals surface area contributed by atoms with Crippen molar-refractivity contribution in [2.75, 3.05) is 39.8 Å². The van der Waals surface area contributed by atoms with Crippen molar-refractivity contribution in [1.82, 2.24) is 13.9 Å². The van der Waals surface area contributed by atoms with E-state index in [1.165, 1.54) is 4.31 Å². The first-order chi connectivity index (χ1) is 9.06. The van der Waals surface area contributed by atoms with Crippen molar-refractivity contribution in [3.8, 4) is 12.3 Å². The molecule has 5 nitrogen and oxygen atoms in total. The molecule has 0 bridgehead atoms. The van der Waals surface area contributed by atoms with Crippen molar-refractivity contribution in [2.45, 2.75) is 26.2 Å². The molecule has 0 aliphatic carbocycles. The van der Waals surface area contributed by atoms with Crippen LogP contribution in [-0.2, 0) is 10.2 Å². The van der Waals surface area contributed by atoms with Crippen molar-refractivity contribution in [3.63, 3.8) is 0 Å². The molecule has 0 atom stereocenters. The van der Waals surface area contributed by atoms with E-state index in [2.05, 4.69) is 11.2 Å². The van der Waals surface area contributed by atoms with Crippen LogP contribution in [0, 0.1) is 18.3 Å². The number of nitrogens with one attached hydrogen (secondary N) is 1. The Morgan fingerprint density at radius 2 is 2.05 bits per heavy atom. The largest absolute Gasteiger partial charge is 0.319 e. The Morgan fingerprint density at radius 3 is 2.53 bits per heavy atom. The Labute approximate surface area is 117 Å². The van der Waals surface area contributed by atoms with Gasteiger partial charge in [0.15, 0.2) is 0 Å². The number of hydrogen-bond acceptors (Lipinski definition) is 3. The number of piperidine rings is 1. The van der Waals surface area contributed by atoms with Gasteiger partial charge in [-0.2, -0.15) is 17.0 Å². The molecule has 1 saturated heterocycles. The van der Waals surface area contributed by atoms with Crippen LogP contribution in [0.5, 0.6) is 0 Å². The summed E-state index contributed by atoms with van der Waals surface area (Å²) in [7, 11) is -1.45. The highest BCUT2D eigenvalue weighted by atomic mass is 32.2. The second kappa shape index (κ2) is 7.85. The van der Waals surface area contributed by atoms with E-state index < -0.39 is 10.2 Å². The van der Waals surface area contributed by atoms with Crippen LogP contribution in [-0.4, -0.2) is 56.8 Å². The highest BCUT2D eigenvalue weighted by Gasteiger charge is 2.31. The van der Waals surface area contributed by atoms with E-state index in [0.717, 1.165) is 25.8 Å². The van der Waals surface area contributed by atoms with Crippen molar-refractivity contribution < 1.29 is 8.42 Å². The van der Waals surface area contributed by atoms with Crippen LogP contribution < -0.4 is 5.32 Å². The second-order valence-corrected chi connectivity index (χ2v) is 6.87. The fourth-order valence-electron chi connectivity index (χ4n) is 2.42. The first-order valence-corrected chi connectivity index (χ1v) is 8.29. The zero-order chi connectivity index (χ0) is 14.3. The normalized spacial score (nSPS) is 18.6. The Morgan fingerprint density at radius 1 is 1.42 bits per heavy atom. The van der Waals surface area contributed by atoms with E-state index in [4.69, 9.17) is 6.42 Å². The van der Waals surface area contributed by atoms with Gasteiger partial charge in [0, 0.05) is 19.6 Å². The molecule has 0 aromatic rings. The average Bonchev–Trinajstić information content (AvgIpc) is 2.39. The molecular weight excluding hydrogens is 262 g/mol. The Kier molecular flexibility index (Phi) is 6.80. The van der Waals surface area contributed by atoms with Gasteiger partial charge in [-0.15, -0.1) is 6.42 Å². The lowest BCUT2D eigenvalue weighted by atomic mass is 9.98. The molecule has 1 aliphatic heterocycles. The van der Waals surface area contributed by atoms with Crippen LogP contribution in [0.2, 0.25) is 0 Å². The van der Waals surface area contributed by atoms with Gasteiger partial charge in [-0.25, -0.2) is 0 Å². The van der Waals surface area contributed by atoms with E-state index in [0.29, 0.717) is 25.6 Å². The summed E-state index contributed by atoms with van der Waals surface area (Å²) in [5.74, 6) is 3.01. The minimum atomic E-state index is -3.38. The molecule has 0 spiro atoms. The minimum Gasteiger partial charge on any atom is -0.319 e. The van der Waals surface area contributed by atoms with Gasteiger partial charge in [0.25, 0.3) is 10.2 Å². The topological polar surface area (TPSA) is 52.7 Å². The maximum atomic E-state index is 12.5. The van der Waals surface area contributed by atoms with Gasteiger partial charge in [0.1, 0.15) is 0 Å². The van der Waals surface area contributed by atoms with Gasteiger partial charge < -0.3 is 5.32 Å². The molecule has 110 valence electrons. The Hall–Kier alpha value is -0.610. The molecular formula is C13H25N3O2S. The summed E-state index contributed by atoms with van der Waals surface area (Å²) < 4.78 is 27.9. The number of hydrogen-bond donors (Lipinski definition) is 1. The van der Waals surface area contributed by atoms with Gasteiger partial charge in [0.05, 0.1) is 6.54 Å². The molecule has 0 unspecified atom stereocenters. The first-order valence-electron chi connectivity index (χ1n) is 6.89.